The first kappa shape index (κ1) is 33.5. The van der Waals surface area contributed by atoms with Gasteiger partial charge in [-0.15, -0.1) is 0 Å². The molecule has 0 bridgehead atoms. The molecule has 1 spiro atoms. The number of allylic oxidation sites excluding steroid dienone is 1. The Bertz CT molecular complexity index is 1420. The molecule has 4 heterocycles. The molecule has 0 radical (unpaired) electrons. The van der Waals surface area contributed by atoms with Crippen molar-refractivity contribution in [3.05, 3.63) is 47.5 Å². The van der Waals surface area contributed by atoms with Crippen molar-refractivity contribution >= 4 is 0 Å². The van der Waals surface area contributed by atoms with Crippen LogP contribution in [0.3, 0.4) is 0 Å². The van der Waals surface area contributed by atoms with Gasteiger partial charge in [-0.2, -0.15) is 0 Å². The molecular formula is C42H60O7. The van der Waals surface area contributed by atoms with Gasteiger partial charge >= 0.3 is 0 Å². The molecule has 0 aromatic heterocycles. The van der Waals surface area contributed by atoms with Crippen LogP contribution in [0.25, 0.3) is 0 Å². The SMILES string of the molecule is C[C@@H]1CC[C@@]2(OC1)O[C@H]1C[C@H]3[C@@H]4CC=C5C[C@@H](O[C@@H]6OC7COC(c8ccccc8)O[C@]7(C)[C@H](C)C6O)CC[C@]5(C)[C@H]4CC[C@]3(C)[C@H]1[C@@H]2C. The van der Waals surface area contributed by atoms with Crippen molar-refractivity contribution in [2.24, 2.45) is 52.3 Å². The van der Waals surface area contributed by atoms with Gasteiger partial charge < -0.3 is 33.5 Å². The Morgan fingerprint density at radius 1 is 0.878 bits per heavy atom. The molecule has 1 aromatic carbocycles. The third-order valence-corrected chi connectivity index (χ3v) is 16.1. The van der Waals surface area contributed by atoms with Crippen LogP contribution < -0.4 is 0 Å². The zero-order valence-corrected chi connectivity index (χ0v) is 30.6. The average Bonchev–Trinajstić information content (AvgIpc) is 3.55. The van der Waals surface area contributed by atoms with Crippen molar-refractivity contribution < 1.29 is 33.5 Å². The molecule has 0 amide bonds. The van der Waals surface area contributed by atoms with Gasteiger partial charge in [0.2, 0.25) is 0 Å². The van der Waals surface area contributed by atoms with Crippen LogP contribution >= 0.6 is 0 Å². The van der Waals surface area contributed by atoms with E-state index in [0.29, 0.717) is 41.8 Å². The van der Waals surface area contributed by atoms with Gasteiger partial charge in [0.1, 0.15) is 17.8 Å². The van der Waals surface area contributed by atoms with Crippen LogP contribution in [0.4, 0.5) is 0 Å². The molecule has 7 fully saturated rings. The first-order chi connectivity index (χ1) is 23.4. The van der Waals surface area contributed by atoms with Crippen molar-refractivity contribution in [2.75, 3.05) is 13.2 Å². The Hall–Kier alpha value is -1.32. The Balaban J connectivity index is 0.866. The molecule has 7 nitrogen and oxygen atoms in total. The van der Waals surface area contributed by atoms with E-state index in [4.69, 9.17) is 28.4 Å². The predicted octanol–water partition coefficient (Wildman–Crippen LogP) is 7.96. The highest BCUT2D eigenvalue weighted by Gasteiger charge is 2.69. The highest BCUT2D eigenvalue weighted by Crippen LogP contribution is 2.70. The largest absolute Gasteiger partial charge is 0.387 e. The maximum atomic E-state index is 11.6. The van der Waals surface area contributed by atoms with Crippen molar-refractivity contribution in [1.82, 2.24) is 0 Å². The second-order valence-corrected chi connectivity index (χ2v) is 18.4. The molecule has 17 atom stereocenters. The maximum absolute atomic E-state index is 11.6. The summed E-state index contributed by atoms with van der Waals surface area (Å²) in [5.41, 5.74) is 2.43. The van der Waals surface area contributed by atoms with E-state index in [1.165, 1.54) is 32.1 Å². The number of rotatable bonds is 3. The lowest BCUT2D eigenvalue weighted by Gasteiger charge is -2.59. The number of aliphatic hydroxyl groups excluding tert-OH is 1. The average molecular weight is 677 g/mol. The Labute approximate surface area is 293 Å². The lowest BCUT2D eigenvalue weighted by atomic mass is 9.47. The number of benzene rings is 1. The van der Waals surface area contributed by atoms with Gasteiger partial charge in [0.05, 0.1) is 25.4 Å². The Morgan fingerprint density at radius 2 is 1.69 bits per heavy atom. The normalized spacial score (nSPS) is 55.1. The molecule has 1 N–H and O–H groups in total. The molecular weight excluding hydrogens is 616 g/mol. The maximum Gasteiger partial charge on any atom is 0.184 e. The van der Waals surface area contributed by atoms with E-state index in [1.807, 2.05) is 30.3 Å². The quantitative estimate of drug-likeness (QED) is 0.326. The smallest absolute Gasteiger partial charge is 0.184 e. The Kier molecular flexibility index (Phi) is 8.10. The summed E-state index contributed by atoms with van der Waals surface area (Å²) >= 11 is 0. The van der Waals surface area contributed by atoms with Gasteiger partial charge in [-0.3, -0.25) is 0 Å². The highest BCUT2D eigenvalue weighted by atomic mass is 16.8. The fraction of sp³-hybridized carbons (Fsp3) is 0.810. The molecule has 270 valence electrons. The van der Waals surface area contributed by atoms with Gasteiger partial charge in [0.15, 0.2) is 18.4 Å². The number of hydrogen-bond donors (Lipinski definition) is 1. The summed E-state index contributed by atoms with van der Waals surface area (Å²) in [6.45, 7) is 15.3. The van der Waals surface area contributed by atoms with Gasteiger partial charge in [-0.05, 0) is 98.7 Å². The molecule has 8 aliphatic rings. The second kappa shape index (κ2) is 11.8. The second-order valence-electron chi connectivity index (χ2n) is 18.4. The Morgan fingerprint density at radius 3 is 2.47 bits per heavy atom. The lowest BCUT2D eigenvalue weighted by molar-refractivity contribution is -0.389. The monoisotopic (exact) mass is 676 g/mol. The van der Waals surface area contributed by atoms with E-state index in [0.717, 1.165) is 49.7 Å². The minimum atomic E-state index is -0.780. The number of hydrogen-bond acceptors (Lipinski definition) is 7. The van der Waals surface area contributed by atoms with E-state index < -0.39 is 24.3 Å². The summed E-state index contributed by atoms with van der Waals surface area (Å²) in [6.07, 6.45) is 11.1. The van der Waals surface area contributed by atoms with Crippen molar-refractivity contribution in [3.8, 4) is 0 Å². The van der Waals surface area contributed by atoms with Crippen LogP contribution in [0, 0.1) is 52.3 Å². The summed E-state index contributed by atoms with van der Waals surface area (Å²) in [4.78, 5) is 0. The van der Waals surface area contributed by atoms with Crippen LogP contribution in [0.1, 0.15) is 111 Å². The molecule has 3 saturated carbocycles. The van der Waals surface area contributed by atoms with Crippen molar-refractivity contribution in [1.29, 1.82) is 0 Å². The van der Waals surface area contributed by atoms with Crippen LogP contribution in [0.2, 0.25) is 0 Å². The lowest BCUT2D eigenvalue weighted by Crippen LogP contribution is -2.65. The number of fused-ring (bicyclic) bond motifs is 8. The van der Waals surface area contributed by atoms with E-state index >= 15 is 0 Å². The van der Waals surface area contributed by atoms with Crippen molar-refractivity contribution in [2.45, 2.75) is 148 Å². The molecule has 4 aliphatic heterocycles. The van der Waals surface area contributed by atoms with E-state index in [9.17, 15) is 5.11 Å². The summed E-state index contributed by atoms with van der Waals surface area (Å²) in [5.74, 6) is 3.34. The van der Waals surface area contributed by atoms with Crippen LogP contribution in [0.5, 0.6) is 0 Å². The fourth-order valence-corrected chi connectivity index (χ4v) is 12.9. The molecule has 7 heteroatoms. The molecule has 9 rings (SSSR count). The molecule has 4 saturated heterocycles. The molecule has 3 unspecified atom stereocenters. The van der Waals surface area contributed by atoms with E-state index in [2.05, 4.69) is 47.6 Å². The van der Waals surface area contributed by atoms with Crippen LogP contribution in [-0.4, -0.2) is 60.4 Å². The molecule has 49 heavy (non-hydrogen) atoms. The summed E-state index contributed by atoms with van der Waals surface area (Å²) < 4.78 is 39.4. The third-order valence-electron chi connectivity index (χ3n) is 16.1. The van der Waals surface area contributed by atoms with Gasteiger partial charge in [-0.25, -0.2) is 0 Å². The van der Waals surface area contributed by atoms with E-state index in [1.54, 1.807) is 5.57 Å². The van der Waals surface area contributed by atoms with Crippen LogP contribution in [0.15, 0.2) is 42.0 Å². The van der Waals surface area contributed by atoms with Gasteiger partial charge in [-0.1, -0.05) is 76.6 Å². The molecule has 1 aromatic rings. The summed E-state index contributed by atoms with van der Waals surface area (Å²) in [7, 11) is 0. The predicted molar refractivity (Wildman–Crippen MR) is 185 cm³/mol. The number of aliphatic hydroxyl groups is 1. The molecule has 4 aliphatic carbocycles. The van der Waals surface area contributed by atoms with Crippen molar-refractivity contribution in [3.63, 3.8) is 0 Å². The zero-order valence-electron chi connectivity index (χ0n) is 30.6. The van der Waals surface area contributed by atoms with Gasteiger partial charge in [0, 0.05) is 23.8 Å². The standard InChI is InChI=1S/C42H60O7/c1-24-14-19-42(45-22-24)25(2)35-33(48-42)21-32-30-13-12-28-20-29(15-17-39(28,4)31(30)16-18-40(32,35)5)46-38-36(43)26(3)41(6)34(47-38)23-44-37(49-41)27-10-8-7-9-11-27/h7-12,24-26,29-38,43H,13-23H2,1-6H3/t24-,25+,26-,29+,30-,31+,32+,33+,34?,35+,36?,37?,38-,39+,40+,41-,42-/m1/s1. The number of ether oxygens (including phenoxy) is 6. The first-order valence-corrected chi connectivity index (χ1v) is 19.8. The third kappa shape index (κ3) is 4.99. The highest BCUT2D eigenvalue weighted by molar-refractivity contribution is 5.26. The topological polar surface area (TPSA) is 75.6 Å². The van der Waals surface area contributed by atoms with Gasteiger partial charge in [0.25, 0.3) is 0 Å². The summed E-state index contributed by atoms with van der Waals surface area (Å²) in [6, 6.07) is 10.0. The fourth-order valence-electron chi connectivity index (χ4n) is 12.9. The minimum Gasteiger partial charge on any atom is -0.387 e. The zero-order chi connectivity index (χ0) is 33.9. The summed E-state index contributed by atoms with van der Waals surface area (Å²) in [5, 5.41) is 11.6. The van der Waals surface area contributed by atoms with E-state index in [-0.39, 0.29) is 29.3 Å². The van der Waals surface area contributed by atoms with Crippen LogP contribution in [-0.2, 0) is 28.4 Å². The first-order valence-electron chi connectivity index (χ1n) is 19.8. The minimum absolute atomic E-state index is 0.0397.